The molecule has 25 heavy (non-hydrogen) atoms. The lowest BCUT2D eigenvalue weighted by atomic mass is 10.1. The van der Waals surface area contributed by atoms with Crippen LogP contribution in [0.5, 0.6) is 0 Å². The van der Waals surface area contributed by atoms with Gasteiger partial charge in [0.25, 0.3) is 0 Å². The number of anilines is 1. The van der Waals surface area contributed by atoms with Crippen molar-refractivity contribution in [3.05, 3.63) is 75.0 Å². The molecule has 4 rings (SSSR count). The van der Waals surface area contributed by atoms with Crippen LogP contribution < -0.4 is 10.3 Å². The van der Waals surface area contributed by atoms with Crippen LogP contribution in [0.3, 0.4) is 0 Å². The third-order valence-electron chi connectivity index (χ3n) is 4.72. The highest BCUT2D eigenvalue weighted by Gasteiger charge is 2.30. The zero-order chi connectivity index (χ0) is 17.6. The van der Waals surface area contributed by atoms with Gasteiger partial charge >= 0.3 is 0 Å². The molecule has 1 aromatic heterocycles. The number of amides is 1. The van der Waals surface area contributed by atoms with Crippen LogP contribution in [0, 0.1) is 0 Å². The summed E-state index contributed by atoms with van der Waals surface area (Å²) >= 11 is 3.40. The minimum absolute atomic E-state index is 0.0327. The van der Waals surface area contributed by atoms with Crippen molar-refractivity contribution in [3.63, 3.8) is 0 Å². The van der Waals surface area contributed by atoms with Gasteiger partial charge in [0.15, 0.2) is 5.43 Å². The van der Waals surface area contributed by atoms with Gasteiger partial charge in [0, 0.05) is 33.9 Å². The van der Waals surface area contributed by atoms with Gasteiger partial charge in [-0.2, -0.15) is 0 Å². The van der Waals surface area contributed by atoms with Crippen LogP contribution in [0.2, 0.25) is 0 Å². The Bertz CT molecular complexity index is 1040. The number of aromatic nitrogens is 1. The molecule has 1 unspecified atom stereocenters. The highest BCUT2D eigenvalue weighted by atomic mass is 79.9. The molecule has 0 saturated carbocycles. The van der Waals surface area contributed by atoms with E-state index in [0.29, 0.717) is 5.39 Å². The molecule has 0 radical (unpaired) electrons. The number of carbonyl (C=O) groups is 1. The summed E-state index contributed by atoms with van der Waals surface area (Å²) in [6.45, 7) is 2.27. The first-order valence-electron chi connectivity index (χ1n) is 8.23. The molecule has 0 aliphatic carbocycles. The Morgan fingerprint density at radius 3 is 2.84 bits per heavy atom. The number of benzene rings is 2. The molecule has 0 N–H and O–H groups in total. The summed E-state index contributed by atoms with van der Waals surface area (Å²) in [5.41, 5.74) is 2.93. The summed E-state index contributed by atoms with van der Waals surface area (Å²) in [7, 11) is 0. The normalized spacial score (nSPS) is 16.2. The van der Waals surface area contributed by atoms with Gasteiger partial charge < -0.3 is 9.47 Å². The van der Waals surface area contributed by atoms with Gasteiger partial charge in [0.1, 0.15) is 6.54 Å². The fourth-order valence-corrected chi connectivity index (χ4v) is 3.95. The molecular formula is C20H17BrN2O2. The van der Waals surface area contributed by atoms with E-state index >= 15 is 0 Å². The second-order valence-corrected chi connectivity index (χ2v) is 7.33. The largest absolute Gasteiger partial charge is 0.338 e. The molecule has 3 aromatic rings. The molecule has 4 nitrogen and oxygen atoms in total. The molecule has 1 aliphatic rings. The maximum atomic E-state index is 13.0. The number of halogens is 1. The zero-order valence-corrected chi connectivity index (χ0v) is 15.4. The Labute approximate surface area is 153 Å². The number of pyridine rings is 1. The molecule has 0 spiro atoms. The van der Waals surface area contributed by atoms with Crippen LogP contribution in [-0.4, -0.2) is 16.5 Å². The second kappa shape index (κ2) is 6.15. The lowest BCUT2D eigenvalue weighted by Gasteiger charge is -2.23. The van der Waals surface area contributed by atoms with Gasteiger partial charge in [-0.3, -0.25) is 9.59 Å². The topological polar surface area (TPSA) is 42.3 Å². The van der Waals surface area contributed by atoms with E-state index in [0.717, 1.165) is 22.1 Å². The number of fused-ring (bicyclic) bond motifs is 2. The van der Waals surface area contributed by atoms with Crippen LogP contribution in [0.1, 0.15) is 12.5 Å². The number of carbonyl (C=O) groups excluding carboxylic acids is 1. The molecular weight excluding hydrogens is 380 g/mol. The summed E-state index contributed by atoms with van der Waals surface area (Å²) in [4.78, 5) is 27.0. The van der Waals surface area contributed by atoms with Crippen LogP contribution in [-0.2, 0) is 17.8 Å². The average molecular weight is 397 g/mol. The number of hydrogen-bond donors (Lipinski definition) is 0. The molecule has 1 aliphatic heterocycles. The van der Waals surface area contributed by atoms with Crippen LogP contribution in [0.4, 0.5) is 5.69 Å². The quantitative estimate of drug-likeness (QED) is 0.661. The lowest BCUT2D eigenvalue weighted by Crippen LogP contribution is -2.38. The van der Waals surface area contributed by atoms with E-state index in [9.17, 15) is 9.59 Å². The smallest absolute Gasteiger partial charge is 0.247 e. The Hall–Kier alpha value is -2.40. The van der Waals surface area contributed by atoms with Crippen molar-refractivity contribution in [1.29, 1.82) is 0 Å². The van der Waals surface area contributed by atoms with Crippen LogP contribution in [0.25, 0.3) is 10.9 Å². The SMILES string of the molecule is CC1Cc2ccccc2N1C(=O)Cn1ccc(=O)c2cc(Br)ccc21. The summed E-state index contributed by atoms with van der Waals surface area (Å²) in [6, 6.07) is 15.3. The van der Waals surface area contributed by atoms with Gasteiger partial charge in [-0.25, -0.2) is 0 Å². The summed E-state index contributed by atoms with van der Waals surface area (Å²) in [5.74, 6) is 0.0327. The van der Waals surface area contributed by atoms with E-state index in [1.54, 1.807) is 12.3 Å². The minimum Gasteiger partial charge on any atom is -0.338 e. The molecule has 0 bridgehead atoms. The summed E-state index contributed by atoms with van der Waals surface area (Å²) < 4.78 is 2.70. The fourth-order valence-electron chi connectivity index (χ4n) is 3.59. The molecule has 0 saturated heterocycles. The predicted molar refractivity (Wildman–Crippen MR) is 103 cm³/mol. The van der Waals surface area contributed by atoms with E-state index in [4.69, 9.17) is 0 Å². The van der Waals surface area contributed by atoms with Gasteiger partial charge in [-0.05, 0) is 43.2 Å². The van der Waals surface area contributed by atoms with Gasteiger partial charge in [-0.1, -0.05) is 34.1 Å². The number of para-hydroxylation sites is 1. The monoisotopic (exact) mass is 396 g/mol. The highest BCUT2D eigenvalue weighted by molar-refractivity contribution is 9.10. The van der Waals surface area contributed by atoms with E-state index in [2.05, 4.69) is 28.9 Å². The minimum atomic E-state index is -0.0418. The van der Waals surface area contributed by atoms with E-state index in [1.165, 1.54) is 11.6 Å². The Morgan fingerprint density at radius 2 is 2.00 bits per heavy atom. The zero-order valence-electron chi connectivity index (χ0n) is 13.8. The molecule has 0 fully saturated rings. The molecule has 5 heteroatoms. The Morgan fingerprint density at radius 1 is 1.20 bits per heavy atom. The van der Waals surface area contributed by atoms with E-state index in [-0.39, 0.29) is 23.9 Å². The van der Waals surface area contributed by atoms with Crippen molar-refractivity contribution in [1.82, 2.24) is 4.57 Å². The third-order valence-corrected chi connectivity index (χ3v) is 5.21. The maximum Gasteiger partial charge on any atom is 0.247 e. The standard InChI is InChI=1S/C20H17BrN2O2/c1-13-10-14-4-2-3-5-17(14)23(13)20(25)12-22-9-8-19(24)16-11-15(21)6-7-18(16)22/h2-9,11,13H,10,12H2,1H3. The van der Waals surface area contributed by atoms with Crippen molar-refractivity contribution in [2.75, 3.05) is 4.90 Å². The van der Waals surface area contributed by atoms with Gasteiger partial charge in [-0.15, -0.1) is 0 Å². The highest BCUT2D eigenvalue weighted by Crippen LogP contribution is 2.32. The van der Waals surface area contributed by atoms with Crippen LogP contribution in [0.15, 0.2) is 64.0 Å². The van der Waals surface area contributed by atoms with E-state index < -0.39 is 0 Å². The molecule has 1 amide bonds. The Kier molecular flexibility index (Phi) is 3.96. The van der Waals surface area contributed by atoms with Crippen molar-refractivity contribution >= 4 is 38.4 Å². The van der Waals surface area contributed by atoms with Crippen molar-refractivity contribution in [2.45, 2.75) is 25.9 Å². The molecule has 126 valence electrons. The number of nitrogens with zero attached hydrogens (tertiary/aromatic N) is 2. The molecule has 1 atom stereocenters. The third kappa shape index (κ3) is 2.78. The average Bonchev–Trinajstić information content (AvgIpc) is 2.93. The number of hydrogen-bond acceptors (Lipinski definition) is 2. The first-order chi connectivity index (χ1) is 12.0. The lowest BCUT2D eigenvalue weighted by molar-refractivity contribution is -0.119. The van der Waals surface area contributed by atoms with E-state index in [1.807, 2.05) is 39.8 Å². The predicted octanol–water partition coefficient (Wildman–Crippen LogP) is 3.74. The summed E-state index contributed by atoms with van der Waals surface area (Å²) in [6.07, 6.45) is 2.57. The fraction of sp³-hybridized carbons (Fsp3) is 0.200. The van der Waals surface area contributed by atoms with Gasteiger partial charge in [0.2, 0.25) is 5.91 Å². The molecule has 2 heterocycles. The van der Waals surface area contributed by atoms with Crippen molar-refractivity contribution in [2.24, 2.45) is 0 Å². The number of rotatable bonds is 2. The van der Waals surface area contributed by atoms with Crippen LogP contribution >= 0.6 is 15.9 Å². The first kappa shape index (κ1) is 16.1. The summed E-state index contributed by atoms with van der Waals surface area (Å²) in [5, 5.41) is 0.611. The first-order valence-corrected chi connectivity index (χ1v) is 9.02. The Balaban J connectivity index is 1.72. The molecule has 2 aromatic carbocycles. The van der Waals surface area contributed by atoms with Crippen molar-refractivity contribution in [3.8, 4) is 0 Å². The second-order valence-electron chi connectivity index (χ2n) is 6.41. The maximum absolute atomic E-state index is 13.0. The van der Waals surface area contributed by atoms with Gasteiger partial charge in [0.05, 0.1) is 5.52 Å². The van der Waals surface area contributed by atoms with Crippen molar-refractivity contribution < 1.29 is 4.79 Å².